The van der Waals surface area contributed by atoms with Crippen LogP contribution in [-0.2, 0) is 11.3 Å². The normalized spacial score (nSPS) is 17.3. The van der Waals surface area contributed by atoms with Crippen LogP contribution in [0.25, 0.3) is 0 Å². The van der Waals surface area contributed by atoms with Crippen molar-refractivity contribution in [2.45, 2.75) is 19.5 Å². The average molecular weight is 340 g/mol. The Kier molecular flexibility index (Phi) is 5.57. The second kappa shape index (κ2) is 7.20. The van der Waals surface area contributed by atoms with Gasteiger partial charge in [0.2, 0.25) is 5.91 Å². The van der Waals surface area contributed by atoms with Crippen molar-refractivity contribution < 1.29 is 4.79 Å². The van der Waals surface area contributed by atoms with Gasteiger partial charge in [0.05, 0.1) is 6.04 Å². The molecule has 1 fully saturated rings. The number of hydrogen-bond donors (Lipinski definition) is 1. The Morgan fingerprint density at radius 1 is 1.35 bits per heavy atom. The Morgan fingerprint density at radius 3 is 2.55 bits per heavy atom. The molecule has 0 bridgehead atoms. The third kappa shape index (κ3) is 4.04. The number of carbonyl (C=O) groups excluding carboxylic acids is 1. The standard InChI is InChI=1S/C15H22BrN3O/c1-12(15(20)19-9-7-17-8-10-19)18(2)11-13-3-5-14(16)6-4-13/h3-6,12,17H,7-11H2,1-2H3. The number of benzene rings is 1. The van der Waals surface area contributed by atoms with Crippen molar-refractivity contribution in [3.05, 3.63) is 34.3 Å². The van der Waals surface area contributed by atoms with E-state index in [1.165, 1.54) is 5.56 Å². The maximum Gasteiger partial charge on any atom is 0.239 e. The number of likely N-dealkylation sites (N-methyl/N-ethyl adjacent to an activating group) is 1. The number of nitrogens with one attached hydrogen (secondary N) is 1. The molecule has 0 aliphatic carbocycles. The van der Waals surface area contributed by atoms with Crippen LogP contribution < -0.4 is 5.32 Å². The second-order valence-electron chi connectivity index (χ2n) is 5.29. The summed E-state index contributed by atoms with van der Waals surface area (Å²) < 4.78 is 1.08. The lowest BCUT2D eigenvalue weighted by atomic mass is 10.1. The van der Waals surface area contributed by atoms with Crippen LogP contribution in [0.5, 0.6) is 0 Å². The van der Waals surface area contributed by atoms with E-state index in [9.17, 15) is 4.79 Å². The zero-order valence-electron chi connectivity index (χ0n) is 12.1. The van der Waals surface area contributed by atoms with Gasteiger partial charge in [-0.05, 0) is 31.7 Å². The van der Waals surface area contributed by atoms with E-state index in [4.69, 9.17) is 0 Å². The van der Waals surface area contributed by atoms with E-state index >= 15 is 0 Å². The van der Waals surface area contributed by atoms with Crippen molar-refractivity contribution in [1.82, 2.24) is 15.1 Å². The summed E-state index contributed by atoms with van der Waals surface area (Å²) in [5.41, 5.74) is 1.22. The molecule has 0 spiro atoms. The summed E-state index contributed by atoms with van der Waals surface area (Å²) in [7, 11) is 2.01. The zero-order valence-corrected chi connectivity index (χ0v) is 13.7. The highest BCUT2D eigenvalue weighted by Gasteiger charge is 2.24. The lowest BCUT2D eigenvalue weighted by molar-refractivity contribution is -0.136. The van der Waals surface area contributed by atoms with E-state index in [2.05, 4.69) is 38.3 Å². The Labute approximate surface area is 129 Å². The van der Waals surface area contributed by atoms with Crippen LogP contribution in [0.4, 0.5) is 0 Å². The zero-order chi connectivity index (χ0) is 14.5. The second-order valence-corrected chi connectivity index (χ2v) is 6.21. The minimum Gasteiger partial charge on any atom is -0.339 e. The topological polar surface area (TPSA) is 35.6 Å². The fraction of sp³-hybridized carbons (Fsp3) is 0.533. The highest BCUT2D eigenvalue weighted by Crippen LogP contribution is 2.13. The average Bonchev–Trinajstić information content (AvgIpc) is 2.49. The summed E-state index contributed by atoms with van der Waals surface area (Å²) in [6.45, 7) is 6.20. The Balaban J connectivity index is 1.91. The lowest BCUT2D eigenvalue weighted by Gasteiger charge is -2.33. The Morgan fingerprint density at radius 2 is 1.95 bits per heavy atom. The minimum atomic E-state index is -0.0863. The molecule has 1 atom stereocenters. The van der Waals surface area contributed by atoms with E-state index in [1.807, 2.05) is 31.0 Å². The first-order valence-corrected chi connectivity index (χ1v) is 7.81. The molecule has 4 nitrogen and oxygen atoms in total. The van der Waals surface area contributed by atoms with E-state index in [1.54, 1.807) is 0 Å². The van der Waals surface area contributed by atoms with Gasteiger partial charge in [-0.15, -0.1) is 0 Å². The van der Waals surface area contributed by atoms with Gasteiger partial charge in [0, 0.05) is 37.2 Å². The molecule has 1 aromatic carbocycles. The molecule has 1 unspecified atom stereocenters. The van der Waals surface area contributed by atoms with Gasteiger partial charge < -0.3 is 10.2 Å². The molecule has 0 radical (unpaired) electrons. The number of nitrogens with zero attached hydrogens (tertiary/aromatic N) is 2. The van der Waals surface area contributed by atoms with Crippen LogP contribution in [0, 0.1) is 0 Å². The van der Waals surface area contributed by atoms with Gasteiger partial charge in [-0.25, -0.2) is 0 Å². The maximum absolute atomic E-state index is 12.4. The molecule has 1 aliphatic heterocycles. The number of hydrogen-bond acceptors (Lipinski definition) is 3. The molecule has 110 valence electrons. The van der Waals surface area contributed by atoms with E-state index in [0.29, 0.717) is 0 Å². The molecule has 5 heteroatoms. The van der Waals surface area contributed by atoms with E-state index < -0.39 is 0 Å². The Hall–Kier alpha value is -0.910. The van der Waals surface area contributed by atoms with Gasteiger partial charge in [-0.3, -0.25) is 9.69 Å². The van der Waals surface area contributed by atoms with Gasteiger partial charge in [-0.1, -0.05) is 28.1 Å². The van der Waals surface area contributed by atoms with Crippen LogP contribution in [0.15, 0.2) is 28.7 Å². The Bertz CT molecular complexity index is 443. The van der Waals surface area contributed by atoms with Crippen LogP contribution in [0.3, 0.4) is 0 Å². The molecule has 20 heavy (non-hydrogen) atoms. The van der Waals surface area contributed by atoms with Crippen LogP contribution in [0.1, 0.15) is 12.5 Å². The van der Waals surface area contributed by atoms with Gasteiger partial charge in [0.15, 0.2) is 0 Å². The summed E-state index contributed by atoms with van der Waals surface area (Å²) in [4.78, 5) is 16.5. The van der Waals surface area contributed by atoms with Crippen molar-refractivity contribution >= 4 is 21.8 Å². The van der Waals surface area contributed by atoms with E-state index in [0.717, 1.165) is 37.2 Å². The lowest BCUT2D eigenvalue weighted by Crippen LogP contribution is -2.52. The first-order chi connectivity index (χ1) is 9.58. The van der Waals surface area contributed by atoms with Crippen molar-refractivity contribution in [1.29, 1.82) is 0 Å². The van der Waals surface area contributed by atoms with Crippen molar-refractivity contribution in [3.8, 4) is 0 Å². The van der Waals surface area contributed by atoms with Gasteiger partial charge in [-0.2, -0.15) is 0 Å². The van der Waals surface area contributed by atoms with Crippen molar-refractivity contribution in [2.75, 3.05) is 33.2 Å². The third-order valence-corrected chi connectivity index (χ3v) is 4.32. The van der Waals surface area contributed by atoms with Gasteiger partial charge in [0.25, 0.3) is 0 Å². The van der Waals surface area contributed by atoms with E-state index in [-0.39, 0.29) is 11.9 Å². The number of rotatable bonds is 4. The molecule has 0 aromatic heterocycles. The van der Waals surface area contributed by atoms with Crippen LogP contribution >= 0.6 is 15.9 Å². The molecule has 1 saturated heterocycles. The maximum atomic E-state index is 12.4. The van der Waals surface area contributed by atoms with Crippen LogP contribution in [0.2, 0.25) is 0 Å². The predicted molar refractivity (Wildman–Crippen MR) is 84.5 cm³/mol. The number of carbonyl (C=O) groups is 1. The number of amides is 1. The summed E-state index contributed by atoms with van der Waals surface area (Å²) >= 11 is 3.44. The summed E-state index contributed by atoms with van der Waals surface area (Å²) in [5, 5.41) is 3.27. The molecule has 0 saturated carbocycles. The molecule has 1 aromatic rings. The predicted octanol–water partition coefficient (Wildman–Crippen LogP) is 1.70. The number of piperazine rings is 1. The number of halogens is 1. The van der Waals surface area contributed by atoms with Crippen LogP contribution in [-0.4, -0.2) is 55.0 Å². The SMILES string of the molecule is CC(C(=O)N1CCNCC1)N(C)Cc1ccc(Br)cc1. The highest BCUT2D eigenvalue weighted by molar-refractivity contribution is 9.10. The fourth-order valence-electron chi connectivity index (χ4n) is 2.35. The third-order valence-electron chi connectivity index (χ3n) is 3.79. The highest BCUT2D eigenvalue weighted by atomic mass is 79.9. The fourth-order valence-corrected chi connectivity index (χ4v) is 2.62. The van der Waals surface area contributed by atoms with Gasteiger partial charge in [0.1, 0.15) is 0 Å². The molecule has 1 heterocycles. The monoisotopic (exact) mass is 339 g/mol. The quantitative estimate of drug-likeness (QED) is 0.906. The molecule has 1 amide bonds. The summed E-state index contributed by atoms with van der Waals surface area (Å²) in [6, 6.07) is 8.15. The first-order valence-electron chi connectivity index (χ1n) is 7.02. The summed E-state index contributed by atoms with van der Waals surface area (Å²) in [5.74, 6) is 0.228. The molecular formula is C15H22BrN3O. The smallest absolute Gasteiger partial charge is 0.239 e. The molecule has 1 N–H and O–H groups in total. The molecular weight excluding hydrogens is 318 g/mol. The van der Waals surface area contributed by atoms with Crippen molar-refractivity contribution in [2.24, 2.45) is 0 Å². The minimum absolute atomic E-state index is 0.0863. The molecule has 1 aliphatic rings. The molecule has 2 rings (SSSR count). The first kappa shape index (κ1) is 15.5. The summed E-state index contributed by atoms with van der Waals surface area (Å²) in [6.07, 6.45) is 0. The van der Waals surface area contributed by atoms with Crippen molar-refractivity contribution in [3.63, 3.8) is 0 Å². The largest absolute Gasteiger partial charge is 0.339 e. The van der Waals surface area contributed by atoms with Gasteiger partial charge >= 0.3 is 0 Å².